The highest BCUT2D eigenvalue weighted by Gasteiger charge is 2.22. The standard InChI is InChI=1S/C19H32N6O/c1-3-24-8-4-5-17(24)13-23-19(20)22-12-16-6-7-18(21-11-16)25-9-10-26-15(2)14-25/h6-7,11,15,17H,3-5,8-10,12-14H2,1-2H3,(H3,20,22,23). The second-order valence-corrected chi connectivity index (χ2v) is 7.16. The molecule has 3 heterocycles. The van der Waals surface area contributed by atoms with Crippen molar-refractivity contribution in [2.75, 3.05) is 44.2 Å². The van der Waals surface area contributed by atoms with Gasteiger partial charge in [-0.05, 0) is 44.5 Å². The van der Waals surface area contributed by atoms with Gasteiger partial charge < -0.3 is 20.7 Å². The first-order chi connectivity index (χ1) is 12.7. The van der Waals surface area contributed by atoms with E-state index in [1.54, 1.807) is 0 Å². The minimum Gasteiger partial charge on any atom is -0.375 e. The summed E-state index contributed by atoms with van der Waals surface area (Å²) in [6, 6.07) is 4.71. The Hall–Kier alpha value is -1.86. The second-order valence-electron chi connectivity index (χ2n) is 7.16. The molecular weight excluding hydrogens is 328 g/mol. The number of rotatable bonds is 6. The van der Waals surface area contributed by atoms with Crippen LogP contribution in [0.2, 0.25) is 0 Å². The molecule has 2 unspecified atom stereocenters. The molecule has 7 heteroatoms. The van der Waals surface area contributed by atoms with Crippen molar-refractivity contribution in [3.05, 3.63) is 23.9 Å². The molecule has 7 nitrogen and oxygen atoms in total. The molecule has 2 atom stereocenters. The van der Waals surface area contributed by atoms with Crippen LogP contribution in [0.4, 0.5) is 5.82 Å². The smallest absolute Gasteiger partial charge is 0.188 e. The fourth-order valence-corrected chi connectivity index (χ4v) is 3.72. The highest BCUT2D eigenvalue weighted by Crippen LogP contribution is 2.16. The largest absolute Gasteiger partial charge is 0.375 e. The number of likely N-dealkylation sites (tertiary alicyclic amines) is 1. The summed E-state index contributed by atoms with van der Waals surface area (Å²) in [6.07, 6.45) is 4.66. The predicted molar refractivity (Wildman–Crippen MR) is 105 cm³/mol. The first-order valence-electron chi connectivity index (χ1n) is 9.75. The van der Waals surface area contributed by atoms with Crippen LogP contribution in [-0.2, 0) is 11.3 Å². The molecule has 0 bridgehead atoms. The first kappa shape index (κ1) is 18.9. The van der Waals surface area contributed by atoms with Gasteiger partial charge in [0.05, 0.1) is 19.3 Å². The Bertz CT molecular complexity index is 590. The van der Waals surface area contributed by atoms with Crippen molar-refractivity contribution in [2.45, 2.75) is 45.4 Å². The van der Waals surface area contributed by atoms with E-state index in [0.717, 1.165) is 44.2 Å². The van der Waals surface area contributed by atoms with Gasteiger partial charge in [-0.1, -0.05) is 13.0 Å². The maximum Gasteiger partial charge on any atom is 0.188 e. The van der Waals surface area contributed by atoms with Crippen LogP contribution in [0.5, 0.6) is 0 Å². The third-order valence-corrected chi connectivity index (χ3v) is 5.23. The van der Waals surface area contributed by atoms with Gasteiger partial charge in [0.15, 0.2) is 5.96 Å². The van der Waals surface area contributed by atoms with E-state index in [0.29, 0.717) is 18.5 Å². The number of aromatic nitrogens is 1. The van der Waals surface area contributed by atoms with Gasteiger partial charge >= 0.3 is 0 Å². The van der Waals surface area contributed by atoms with E-state index in [-0.39, 0.29) is 6.10 Å². The Morgan fingerprint density at radius 1 is 1.42 bits per heavy atom. The minimum atomic E-state index is 0.254. The van der Waals surface area contributed by atoms with E-state index in [2.05, 4.69) is 51.1 Å². The zero-order valence-electron chi connectivity index (χ0n) is 16.0. The van der Waals surface area contributed by atoms with E-state index < -0.39 is 0 Å². The number of anilines is 1. The van der Waals surface area contributed by atoms with Crippen LogP contribution in [0.1, 0.15) is 32.3 Å². The van der Waals surface area contributed by atoms with Gasteiger partial charge in [0.1, 0.15) is 5.82 Å². The monoisotopic (exact) mass is 360 g/mol. The van der Waals surface area contributed by atoms with E-state index in [1.165, 1.54) is 19.4 Å². The van der Waals surface area contributed by atoms with Crippen LogP contribution in [0.15, 0.2) is 23.3 Å². The molecule has 0 amide bonds. The summed E-state index contributed by atoms with van der Waals surface area (Å²) in [5.74, 6) is 1.51. The summed E-state index contributed by atoms with van der Waals surface area (Å²) in [4.78, 5) is 13.8. The molecule has 2 saturated heterocycles. The van der Waals surface area contributed by atoms with Crippen molar-refractivity contribution in [1.29, 1.82) is 0 Å². The summed E-state index contributed by atoms with van der Waals surface area (Å²) in [6.45, 7) is 10.6. The minimum absolute atomic E-state index is 0.254. The number of morpholine rings is 1. The van der Waals surface area contributed by atoms with E-state index in [4.69, 9.17) is 10.5 Å². The van der Waals surface area contributed by atoms with Crippen LogP contribution in [0, 0.1) is 0 Å². The van der Waals surface area contributed by atoms with Crippen LogP contribution in [-0.4, -0.2) is 67.3 Å². The summed E-state index contributed by atoms with van der Waals surface area (Å²) in [5.41, 5.74) is 7.09. The van der Waals surface area contributed by atoms with Gasteiger partial charge in [-0.15, -0.1) is 0 Å². The van der Waals surface area contributed by atoms with Gasteiger partial charge in [0.25, 0.3) is 0 Å². The number of pyridine rings is 1. The molecule has 26 heavy (non-hydrogen) atoms. The average Bonchev–Trinajstić information content (AvgIpc) is 3.13. The number of nitrogens with one attached hydrogen (secondary N) is 1. The molecule has 144 valence electrons. The van der Waals surface area contributed by atoms with Gasteiger partial charge in [-0.3, -0.25) is 4.90 Å². The number of aliphatic imine (C=N–C) groups is 1. The zero-order chi connectivity index (χ0) is 18.4. The predicted octanol–water partition coefficient (Wildman–Crippen LogP) is 1.20. The molecule has 3 rings (SSSR count). The second kappa shape index (κ2) is 9.19. The number of hydrogen-bond acceptors (Lipinski definition) is 5. The maximum absolute atomic E-state index is 6.03. The number of nitrogens with zero attached hydrogens (tertiary/aromatic N) is 4. The Balaban J connectivity index is 1.46. The van der Waals surface area contributed by atoms with Crippen LogP contribution >= 0.6 is 0 Å². The van der Waals surface area contributed by atoms with Crippen molar-refractivity contribution in [3.63, 3.8) is 0 Å². The lowest BCUT2D eigenvalue weighted by Crippen LogP contribution is -2.42. The van der Waals surface area contributed by atoms with Gasteiger partial charge in [0.2, 0.25) is 0 Å². The van der Waals surface area contributed by atoms with E-state index in [1.807, 2.05) is 6.20 Å². The lowest BCUT2D eigenvalue weighted by Gasteiger charge is -2.32. The lowest BCUT2D eigenvalue weighted by molar-refractivity contribution is 0.0529. The normalized spacial score (nSPS) is 24.8. The van der Waals surface area contributed by atoms with Gasteiger partial charge in [0, 0.05) is 31.9 Å². The molecule has 2 fully saturated rings. The molecule has 3 N–H and O–H groups in total. The Labute approximate surface area is 156 Å². The Morgan fingerprint density at radius 3 is 3.04 bits per heavy atom. The average molecular weight is 361 g/mol. The molecule has 0 aromatic carbocycles. The zero-order valence-corrected chi connectivity index (χ0v) is 16.0. The number of ether oxygens (including phenoxy) is 1. The molecule has 0 radical (unpaired) electrons. The SMILES string of the molecule is CCN1CCCC1CNC(N)=NCc1ccc(N2CCOC(C)C2)nc1. The van der Waals surface area contributed by atoms with Crippen LogP contribution in [0.25, 0.3) is 0 Å². The summed E-state index contributed by atoms with van der Waals surface area (Å²) in [5, 5.41) is 3.27. The number of hydrogen-bond donors (Lipinski definition) is 2. The molecule has 0 spiro atoms. The first-order valence-corrected chi connectivity index (χ1v) is 9.75. The van der Waals surface area contributed by atoms with Crippen molar-refractivity contribution < 1.29 is 4.74 Å². The van der Waals surface area contributed by atoms with Crippen LogP contribution < -0.4 is 16.0 Å². The molecule has 0 saturated carbocycles. The highest BCUT2D eigenvalue weighted by molar-refractivity contribution is 5.77. The third-order valence-electron chi connectivity index (χ3n) is 5.23. The summed E-state index contributed by atoms with van der Waals surface area (Å²) in [7, 11) is 0. The molecule has 0 aliphatic carbocycles. The number of likely N-dealkylation sites (N-methyl/N-ethyl adjacent to an activating group) is 1. The van der Waals surface area contributed by atoms with Crippen LogP contribution in [0.3, 0.4) is 0 Å². The quantitative estimate of drug-likeness (QED) is 0.586. The third kappa shape index (κ3) is 5.08. The topological polar surface area (TPSA) is 79.0 Å². The lowest BCUT2D eigenvalue weighted by atomic mass is 10.2. The summed E-state index contributed by atoms with van der Waals surface area (Å²) >= 11 is 0. The molecule has 2 aliphatic rings. The molecule has 2 aliphatic heterocycles. The molecule has 1 aromatic rings. The highest BCUT2D eigenvalue weighted by atomic mass is 16.5. The van der Waals surface area contributed by atoms with Crippen molar-refractivity contribution in [2.24, 2.45) is 10.7 Å². The van der Waals surface area contributed by atoms with Gasteiger partial charge in [-0.25, -0.2) is 9.98 Å². The van der Waals surface area contributed by atoms with Crippen molar-refractivity contribution >= 4 is 11.8 Å². The van der Waals surface area contributed by atoms with Crippen molar-refractivity contribution in [3.8, 4) is 0 Å². The molecule has 1 aromatic heterocycles. The summed E-state index contributed by atoms with van der Waals surface area (Å²) < 4.78 is 5.58. The Kier molecular flexibility index (Phi) is 6.68. The molecular formula is C19H32N6O. The Morgan fingerprint density at radius 2 is 2.31 bits per heavy atom. The van der Waals surface area contributed by atoms with E-state index >= 15 is 0 Å². The number of guanidine groups is 1. The fourth-order valence-electron chi connectivity index (χ4n) is 3.72. The fraction of sp³-hybridized carbons (Fsp3) is 0.684. The maximum atomic E-state index is 6.03. The number of nitrogens with two attached hydrogens (primary N) is 1. The van der Waals surface area contributed by atoms with Crippen molar-refractivity contribution in [1.82, 2.24) is 15.2 Å². The van der Waals surface area contributed by atoms with E-state index in [9.17, 15) is 0 Å². The van der Waals surface area contributed by atoms with Gasteiger partial charge in [-0.2, -0.15) is 0 Å².